The zero-order chi connectivity index (χ0) is 13.1. The van der Waals surface area contributed by atoms with Crippen LogP contribution in [0.5, 0.6) is 5.88 Å². The Bertz CT molecular complexity index is 405. The second-order valence-electron chi connectivity index (χ2n) is 5.12. The molecule has 0 radical (unpaired) electrons. The molecule has 1 aliphatic carbocycles. The molecule has 1 saturated heterocycles. The summed E-state index contributed by atoms with van der Waals surface area (Å²) >= 11 is 0. The highest BCUT2D eigenvalue weighted by Crippen LogP contribution is 2.36. The predicted molar refractivity (Wildman–Crippen MR) is 71.3 cm³/mol. The van der Waals surface area contributed by atoms with Crippen LogP contribution in [0.3, 0.4) is 0 Å². The van der Waals surface area contributed by atoms with E-state index in [9.17, 15) is 0 Å². The van der Waals surface area contributed by atoms with Gasteiger partial charge in [-0.3, -0.25) is 0 Å². The topological polar surface area (TPSA) is 52.6 Å². The summed E-state index contributed by atoms with van der Waals surface area (Å²) in [4.78, 5) is 4.20. The fourth-order valence-electron chi connectivity index (χ4n) is 2.81. The van der Waals surface area contributed by atoms with Crippen LogP contribution in [0.1, 0.15) is 25.7 Å². The second kappa shape index (κ2) is 5.35. The van der Waals surface area contributed by atoms with Gasteiger partial charge in [0.1, 0.15) is 0 Å². The molecule has 3 rings (SSSR count). The van der Waals surface area contributed by atoms with Crippen molar-refractivity contribution in [3.05, 3.63) is 18.3 Å². The molecule has 1 aliphatic heterocycles. The first-order valence-electron chi connectivity index (χ1n) is 6.84. The molecule has 0 amide bonds. The molecular formula is C14H20N2O3. The molecule has 1 aromatic heterocycles. The average Bonchev–Trinajstić information content (AvgIpc) is 2.91. The highest BCUT2D eigenvalue weighted by atomic mass is 16.7. The van der Waals surface area contributed by atoms with E-state index >= 15 is 0 Å². The van der Waals surface area contributed by atoms with Crippen LogP contribution in [0.2, 0.25) is 0 Å². The van der Waals surface area contributed by atoms with Crippen molar-refractivity contribution < 1.29 is 14.2 Å². The van der Waals surface area contributed by atoms with Crippen LogP contribution >= 0.6 is 0 Å². The molecule has 2 heterocycles. The van der Waals surface area contributed by atoms with E-state index in [4.69, 9.17) is 14.2 Å². The predicted octanol–water partition coefficient (Wildman–Crippen LogP) is 2.19. The van der Waals surface area contributed by atoms with Gasteiger partial charge in [0.2, 0.25) is 5.88 Å². The van der Waals surface area contributed by atoms with Crippen LogP contribution in [0.25, 0.3) is 0 Å². The van der Waals surface area contributed by atoms with E-state index in [-0.39, 0.29) is 5.79 Å². The molecule has 19 heavy (non-hydrogen) atoms. The van der Waals surface area contributed by atoms with Gasteiger partial charge in [0.15, 0.2) is 5.79 Å². The molecule has 0 atom stereocenters. The normalized spacial score (nSPS) is 22.6. The van der Waals surface area contributed by atoms with Gasteiger partial charge in [-0.15, -0.1) is 0 Å². The third-order valence-electron chi connectivity index (χ3n) is 3.88. The standard InChI is InChI=1S/C14H20N2O3/c1-17-13-3-2-12(10-15-13)16-11-4-6-14(7-5-11)18-8-9-19-14/h2-3,10-11,16H,4-9H2,1H3. The molecule has 0 bridgehead atoms. The zero-order valence-electron chi connectivity index (χ0n) is 11.2. The van der Waals surface area contributed by atoms with Crippen LogP contribution in [0.15, 0.2) is 18.3 Å². The van der Waals surface area contributed by atoms with Crippen molar-refractivity contribution in [1.82, 2.24) is 4.98 Å². The smallest absolute Gasteiger partial charge is 0.213 e. The summed E-state index contributed by atoms with van der Waals surface area (Å²) in [7, 11) is 1.62. The van der Waals surface area contributed by atoms with E-state index in [0.717, 1.165) is 44.6 Å². The van der Waals surface area contributed by atoms with Gasteiger partial charge in [-0.05, 0) is 18.9 Å². The van der Waals surface area contributed by atoms with E-state index in [1.807, 2.05) is 18.3 Å². The molecule has 2 fully saturated rings. The lowest BCUT2D eigenvalue weighted by molar-refractivity contribution is -0.177. The Hall–Kier alpha value is -1.33. The minimum Gasteiger partial charge on any atom is -0.481 e. The summed E-state index contributed by atoms with van der Waals surface area (Å²) in [5.74, 6) is 0.358. The maximum atomic E-state index is 5.73. The Balaban J connectivity index is 1.53. The fourth-order valence-corrected chi connectivity index (χ4v) is 2.81. The van der Waals surface area contributed by atoms with Gasteiger partial charge in [-0.25, -0.2) is 4.98 Å². The van der Waals surface area contributed by atoms with Gasteiger partial charge in [-0.1, -0.05) is 0 Å². The zero-order valence-corrected chi connectivity index (χ0v) is 11.2. The van der Waals surface area contributed by atoms with E-state index in [2.05, 4.69) is 10.3 Å². The Labute approximate surface area is 113 Å². The van der Waals surface area contributed by atoms with E-state index in [0.29, 0.717) is 11.9 Å². The summed E-state index contributed by atoms with van der Waals surface area (Å²) in [5, 5.41) is 3.51. The maximum Gasteiger partial charge on any atom is 0.213 e. The Morgan fingerprint density at radius 3 is 2.58 bits per heavy atom. The number of hydrogen-bond donors (Lipinski definition) is 1. The van der Waals surface area contributed by atoms with Crippen molar-refractivity contribution in [3.63, 3.8) is 0 Å². The minimum absolute atomic E-state index is 0.281. The SMILES string of the molecule is COc1ccc(NC2CCC3(CC2)OCCO3)cn1. The molecule has 1 saturated carbocycles. The largest absolute Gasteiger partial charge is 0.481 e. The summed E-state index contributed by atoms with van der Waals surface area (Å²) in [6, 6.07) is 4.34. The van der Waals surface area contributed by atoms with Gasteiger partial charge in [0, 0.05) is 24.9 Å². The highest BCUT2D eigenvalue weighted by molar-refractivity contribution is 5.43. The van der Waals surface area contributed by atoms with Crippen LogP contribution in [0.4, 0.5) is 5.69 Å². The van der Waals surface area contributed by atoms with E-state index in [1.165, 1.54) is 0 Å². The molecule has 5 nitrogen and oxygen atoms in total. The van der Waals surface area contributed by atoms with Crippen LogP contribution in [0, 0.1) is 0 Å². The molecule has 1 N–H and O–H groups in total. The Morgan fingerprint density at radius 1 is 1.26 bits per heavy atom. The molecule has 1 spiro atoms. The third-order valence-corrected chi connectivity index (χ3v) is 3.88. The van der Waals surface area contributed by atoms with Gasteiger partial charge >= 0.3 is 0 Å². The first-order valence-corrected chi connectivity index (χ1v) is 6.84. The number of methoxy groups -OCH3 is 1. The Kier molecular flexibility index (Phi) is 3.57. The molecule has 104 valence electrons. The maximum absolute atomic E-state index is 5.73. The van der Waals surface area contributed by atoms with Crippen LogP contribution in [-0.2, 0) is 9.47 Å². The summed E-state index contributed by atoms with van der Waals surface area (Å²) in [6.45, 7) is 1.47. The number of nitrogens with one attached hydrogen (secondary N) is 1. The number of hydrogen-bond acceptors (Lipinski definition) is 5. The van der Waals surface area contributed by atoms with E-state index < -0.39 is 0 Å². The van der Waals surface area contributed by atoms with Gasteiger partial charge < -0.3 is 19.5 Å². The fraction of sp³-hybridized carbons (Fsp3) is 0.643. The second-order valence-corrected chi connectivity index (χ2v) is 5.12. The number of nitrogens with zero attached hydrogens (tertiary/aromatic N) is 1. The van der Waals surface area contributed by atoms with E-state index in [1.54, 1.807) is 7.11 Å². The van der Waals surface area contributed by atoms with Gasteiger partial charge in [0.25, 0.3) is 0 Å². The minimum atomic E-state index is -0.281. The van der Waals surface area contributed by atoms with Crippen molar-refractivity contribution in [2.75, 3.05) is 25.6 Å². The first kappa shape index (κ1) is 12.7. The summed E-state index contributed by atoms with van der Waals surface area (Å²) in [6.07, 6.45) is 5.87. The molecular weight excluding hydrogens is 244 g/mol. The highest BCUT2D eigenvalue weighted by Gasteiger charge is 2.40. The average molecular weight is 264 g/mol. The first-order chi connectivity index (χ1) is 9.30. The van der Waals surface area contributed by atoms with Crippen molar-refractivity contribution in [2.45, 2.75) is 37.5 Å². The summed E-state index contributed by atoms with van der Waals surface area (Å²) < 4.78 is 16.5. The number of aromatic nitrogens is 1. The van der Waals surface area contributed by atoms with Crippen molar-refractivity contribution in [1.29, 1.82) is 0 Å². The molecule has 2 aliphatic rings. The van der Waals surface area contributed by atoms with Crippen molar-refractivity contribution in [2.24, 2.45) is 0 Å². The Morgan fingerprint density at radius 2 is 2.00 bits per heavy atom. The van der Waals surface area contributed by atoms with Gasteiger partial charge in [-0.2, -0.15) is 0 Å². The summed E-state index contributed by atoms with van der Waals surface area (Å²) in [5.41, 5.74) is 1.04. The quantitative estimate of drug-likeness (QED) is 0.907. The van der Waals surface area contributed by atoms with Gasteiger partial charge in [0.05, 0.1) is 32.2 Å². The number of rotatable bonds is 3. The van der Waals surface area contributed by atoms with Crippen LogP contribution < -0.4 is 10.1 Å². The van der Waals surface area contributed by atoms with Crippen molar-refractivity contribution in [3.8, 4) is 5.88 Å². The monoisotopic (exact) mass is 264 g/mol. The lowest BCUT2D eigenvalue weighted by Crippen LogP contribution is -2.39. The lowest BCUT2D eigenvalue weighted by Gasteiger charge is -2.35. The third kappa shape index (κ3) is 2.82. The number of anilines is 1. The lowest BCUT2D eigenvalue weighted by atomic mass is 9.90. The van der Waals surface area contributed by atoms with Crippen molar-refractivity contribution >= 4 is 5.69 Å². The molecule has 5 heteroatoms. The molecule has 0 aromatic carbocycles. The molecule has 1 aromatic rings. The molecule has 0 unspecified atom stereocenters. The number of ether oxygens (including phenoxy) is 3. The van der Waals surface area contributed by atoms with Crippen LogP contribution in [-0.4, -0.2) is 37.1 Å². The number of pyridine rings is 1.